The van der Waals surface area contributed by atoms with Crippen LogP contribution in [0.3, 0.4) is 0 Å². The minimum absolute atomic E-state index is 0.130. The molecular weight excluding hydrogens is 286 g/mol. The van der Waals surface area contributed by atoms with Crippen molar-refractivity contribution in [3.05, 3.63) is 12.4 Å². The van der Waals surface area contributed by atoms with Gasteiger partial charge in [-0.3, -0.25) is 0 Å². The summed E-state index contributed by atoms with van der Waals surface area (Å²) in [4.78, 5) is 21.9. The number of carbonyl (C=O) groups is 1. The highest BCUT2D eigenvalue weighted by molar-refractivity contribution is 5.68. The zero-order valence-corrected chi connectivity index (χ0v) is 13.5. The van der Waals surface area contributed by atoms with Crippen molar-refractivity contribution in [1.29, 1.82) is 0 Å². The Labute approximate surface area is 130 Å². The fraction of sp³-hybridized carbons (Fsp3) is 0.667. The molecule has 1 aromatic heterocycles. The number of nitrogens with zero attached hydrogens (tertiary/aromatic N) is 3. The summed E-state index contributed by atoms with van der Waals surface area (Å²) >= 11 is 0. The van der Waals surface area contributed by atoms with Gasteiger partial charge in [0, 0.05) is 6.54 Å². The summed E-state index contributed by atoms with van der Waals surface area (Å²) in [5.41, 5.74) is -0.496. The van der Waals surface area contributed by atoms with Crippen LogP contribution in [0.4, 0.5) is 4.79 Å². The Kier molecular flexibility index (Phi) is 5.05. The number of hydrogen-bond donors (Lipinski definition) is 0. The molecule has 1 atom stereocenters. The van der Waals surface area contributed by atoms with Crippen LogP contribution in [-0.4, -0.2) is 52.9 Å². The van der Waals surface area contributed by atoms with E-state index < -0.39 is 5.60 Å². The van der Waals surface area contributed by atoms with Gasteiger partial charge in [-0.15, -0.1) is 0 Å². The van der Waals surface area contributed by atoms with Crippen molar-refractivity contribution < 1.29 is 19.0 Å². The van der Waals surface area contributed by atoms with E-state index in [-0.39, 0.29) is 18.2 Å². The highest BCUT2D eigenvalue weighted by Gasteiger charge is 2.28. The minimum atomic E-state index is -0.496. The second-order valence-electron chi connectivity index (χ2n) is 6.21. The minimum Gasteiger partial charge on any atom is -0.494 e. The lowest BCUT2D eigenvalue weighted by Gasteiger charge is -2.33. The van der Waals surface area contributed by atoms with Crippen molar-refractivity contribution in [3.63, 3.8) is 0 Å². The number of ether oxygens (including phenoxy) is 3. The highest BCUT2D eigenvalue weighted by Crippen LogP contribution is 2.19. The van der Waals surface area contributed by atoms with E-state index in [4.69, 9.17) is 14.2 Å². The SMILES string of the molecule is COc1cnc(OC2CCCN(C(=O)OC(C)(C)C)C2)nc1. The Morgan fingerprint density at radius 3 is 2.59 bits per heavy atom. The van der Waals surface area contributed by atoms with Gasteiger partial charge in [0.1, 0.15) is 11.7 Å². The summed E-state index contributed by atoms with van der Waals surface area (Å²) < 4.78 is 16.1. The largest absolute Gasteiger partial charge is 0.494 e. The van der Waals surface area contributed by atoms with Crippen molar-refractivity contribution in [2.45, 2.75) is 45.3 Å². The van der Waals surface area contributed by atoms with Gasteiger partial charge in [-0.2, -0.15) is 9.97 Å². The molecule has 7 heteroatoms. The van der Waals surface area contributed by atoms with Crippen molar-refractivity contribution in [1.82, 2.24) is 14.9 Å². The monoisotopic (exact) mass is 309 g/mol. The molecule has 0 radical (unpaired) electrons. The first-order chi connectivity index (χ1) is 10.4. The quantitative estimate of drug-likeness (QED) is 0.852. The number of likely N-dealkylation sites (tertiary alicyclic amines) is 1. The molecular formula is C15H23N3O4. The highest BCUT2D eigenvalue weighted by atomic mass is 16.6. The van der Waals surface area contributed by atoms with Gasteiger partial charge in [-0.05, 0) is 33.6 Å². The van der Waals surface area contributed by atoms with E-state index in [1.54, 1.807) is 24.4 Å². The molecule has 1 aliphatic rings. The van der Waals surface area contributed by atoms with Crippen LogP contribution in [-0.2, 0) is 4.74 Å². The number of amides is 1. The second-order valence-corrected chi connectivity index (χ2v) is 6.21. The van der Waals surface area contributed by atoms with Crippen LogP contribution in [0.1, 0.15) is 33.6 Å². The van der Waals surface area contributed by atoms with Crippen LogP contribution in [0.2, 0.25) is 0 Å². The third-order valence-corrected chi connectivity index (χ3v) is 3.14. The van der Waals surface area contributed by atoms with Gasteiger partial charge in [0.2, 0.25) is 0 Å². The summed E-state index contributed by atoms with van der Waals surface area (Å²) in [5, 5.41) is 0. The zero-order chi connectivity index (χ0) is 16.2. The number of hydrogen-bond acceptors (Lipinski definition) is 6. The average Bonchev–Trinajstić information content (AvgIpc) is 2.46. The van der Waals surface area contributed by atoms with Crippen molar-refractivity contribution >= 4 is 6.09 Å². The second kappa shape index (κ2) is 6.81. The van der Waals surface area contributed by atoms with E-state index in [9.17, 15) is 4.79 Å². The van der Waals surface area contributed by atoms with E-state index in [2.05, 4.69) is 9.97 Å². The number of carbonyl (C=O) groups excluding carboxylic acids is 1. The molecule has 1 unspecified atom stereocenters. The summed E-state index contributed by atoms with van der Waals surface area (Å²) in [5.74, 6) is 0.575. The Hall–Kier alpha value is -2.05. The topological polar surface area (TPSA) is 73.8 Å². The van der Waals surface area contributed by atoms with Gasteiger partial charge in [0.15, 0.2) is 5.75 Å². The Bertz CT molecular complexity index is 499. The molecule has 0 aliphatic carbocycles. The van der Waals surface area contributed by atoms with Crippen molar-refractivity contribution in [2.75, 3.05) is 20.2 Å². The van der Waals surface area contributed by atoms with Crippen LogP contribution < -0.4 is 9.47 Å². The standard InChI is InChI=1S/C15H23N3O4/c1-15(2,3)22-14(19)18-7-5-6-11(10-18)21-13-16-8-12(20-4)9-17-13/h8-9,11H,5-7,10H2,1-4H3. The summed E-state index contributed by atoms with van der Waals surface area (Å²) in [6, 6.07) is 0.289. The third kappa shape index (κ3) is 4.75. The fourth-order valence-electron chi connectivity index (χ4n) is 2.15. The van der Waals surface area contributed by atoms with E-state index in [0.717, 1.165) is 12.8 Å². The van der Waals surface area contributed by atoms with Gasteiger partial charge < -0.3 is 19.1 Å². The molecule has 1 amide bonds. The molecule has 0 spiro atoms. The van der Waals surface area contributed by atoms with E-state index in [1.165, 1.54) is 0 Å². The third-order valence-electron chi connectivity index (χ3n) is 3.14. The Balaban J connectivity index is 1.91. The van der Waals surface area contributed by atoms with Crippen LogP contribution in [0, 0.1) is 0 Å². The molecule has 0 saturated carbocycles. The summed E-state index contributed by atoms with van der Waals surface area (Å²) in [6.45, 7) is 6.72. The van der Waals surface area contributed by atoms with Crippen molar-refractivity contribution in [2.24, 2.45) is 0 Å². The molecule has 122 valence electrons. The van der Waals surface area contributed by atoms with Crippen LogP contribution in [0.5, 0.6) is 11.8 Å². The maximum atomic E-state index is 12.1. The van der Waals surface area contributed by atoms with Gasteiger partial charge in [0.25, 0.3) is 0 Å². The van der Waals surface area contributed by atoms with E-state index >= 15 is 0 Å². The maximum absolute atomic E-state index is 12.1. The number of piperidine rings is 1. The zero-order valence-electron chi connectivity index (χ0n) is 13.5. The van der Waals surface area contributed by atoms with Crippen molar-refractivity contribution in [3.8, 4) is 11.8 Å². The molecule has 1 aliphatic heterocycles. The molecule has 0 aromatic carbocycles. The molecule has 0 N–H and O–H groups in total. The maximum Gasteiger partial charge on any atom is 0.410 e. The van der Waals surface area contributed by atoms with Crippen LogP contribution >= 0.6 is 0 Å². The van der Waals surface area contributed by atoms with Gasteiger partial charge in [0.05, 0.1) is 26.0 Å². The number of rotatable bonds is 3. The Morgan fingerprint density at radius 1 is 1.32 bits per heavy atom. The number of aromatic nitrogens is 2. The lowest BCUT2D eigenvalue weighted by Crippen LogP contribution is -2.46. The first-order valence-corrected chi connectivity index (χ1v) is 7.38. The first-order valence-electron chi connectivity index (χ1n) is 7.38. The lowest BCUT2D eigenvalue weighted by atomic mass is 10.1. The Morgan fingerprint density at radius 2 is 2.00 bits per heavy atom. The van der Waals surface area contributed by atoms with Gasteiger partial charge in [-0.25, -0.2) is 4.79 Å². The van der Waals surface area contributed by atoms with Crippen LogP contribution in [0.15, 0.2) is 12.4 Å². The number of methoxy groups -OCH3 is 1. The van der Waals surface area contributed by atoms with Gasteiger partial charge in [-0.1, -0.05) is 0 Å². The molecule has 7 nitrogen and oxygen atoms in total. The summed E-state index contributed by atoms with van der Waals surface area (Å²) in [6.07, 6.45) is 4.38. The smallest absolute Gasteiger partial charge is 0.410 e. The van der Waals surface area contributed by atoms with E-state index in [0.29, 0.717) is 18.8 Å². The molecule has 1 fully saturated rings. The molecule has 2 heterocycles. The normalized spacial score (nSPS) is 18.7. The first kappa shape index (κ1) is 16.3. The van der Waals surface area contributed by atoms with E-state index in [1.807, 2.05) is 20.8 Å². The molecule has 1 saturated heterocycles. The lowest BCUT2D eigenvalue weighted by molar-refractivity contribution is 0.00659. The predicted molar refractivity (Wildman–Crippen MR) is 80.0 cm³/mol. The predicted octanol–water partition coefficient (Wildman–Crippen LogP) is 2.26. The molecule has 0 bridgehead atoms. The fourth-order valence-corrected chi connectivity index (χ4v) is 2.15. The van der Waals surface area contributed by atoms with Crippen LogP contribution in [0.25, 0.3) is 0 Å². The summed E-state index contributed by atoms with van der Waals surface area (Å²) in [7, 11) is 1.55. The molecule has 22 heavy (non-hydrogen) atoms. The average molecular weight is 309 g/mol. The van der Waals surface area contributed by atoms with Gasteiger partial charge >= 0.3 is 12.1 Å². The molecule has 2 rings (SSSR count). The molecule has 1 aromatic rings.